The minimum absolute atomic E-state index is 0.147. The summed E-state index contributed by atoms with van der Waals surface area (Å²) in [4.78, 5) is 2.06. The van der Waals surface area contributed by atoms with Crippen molar-refractivity contribution in [2.45, 2.75) is 19.5 Å². The largest absolute Gasteiger partial charge is 0.312 e. The molecule has 94 valence electrons. The first-order valence-corrected chi connectivity index (χ1v) is 6.45. The monoisotopic (exact) mass is 304 g/mol. The highest BCUT2D eigenvalue weighted by Crippen LogP contribution is 2.23. The van der Waals surface area contributed by atoms with Crippen molar-refractivity contribution in [1.82, 2.24) is 10.2 Å². The summed E-state index contributed by atoms with van der Waals surface area (Å²) in [5.41, 5.74) is 0.147. The lowest BCUT2D eigenvalue weighted by atomic mass is 10.1. The summed E-state index contributed by atoms with van der Waals surface area (Å²) < 4.78 is 27.7. The SMILES string of the molecule is CC1CN(Cc2c(F)ccc(Br)c2F)CCN1. The van der Waals surface area contributed by atoms with E-state index >= 15 is 0 Å². The quantitative estimate of drug-likeness (QED) is 0.845. The first kappa shape index (κ1) is 12.9. The highest BCUT2D eigenvalue weighted by molar-refractivity contribution is 9.10. The molecule has 1 aliphatic heterocycles. The molecule has 17 heavy (non-hydrogen) atoms. The lowest BCUT2D eigenvalue weighted by Crippen LogP contribution is -2.48. The molecule has 0 saturated carbocycles. The molecule has 1 atom stereocenters. The molecule has 0 spiro atoms. The fourth-order valence-electron chi connectivity index (χ4n) is 2.09. The number of nitrogens with zero attached hydrogens (tertiary/aromatic N) is 1. The van der Waals surface area contributed by atoms with E-state index in [1.54, 1.807) is 0 Å². The predicted molar refractivity (Wildman–Crippen MR) is 66.8 cm³/mol. The fraction of sp³-hybridized carbons (Fsp3) is 0.500. The van der Waals surface area contributed by atoms with E-state index in [1.165, 1.54) is 12.1 Å². The van der Waals surface area contributed by atoms with Crippen LogP contribution >= 0.6 is 15.9 Å². The Hall–Kier alpha value is -0.520. The van der Waals surface area contributed by atoms with Crippen LogP contribution in [-0.4, -0.2) is 30.6 Å². The second kappa shape index (κ2) is 5.42. The third-order valence-electron chi connectivity index (χ3n) is 2.97. The molecule has 1 N–H and O–H groups in total. The van der Waals surface area contributed by atoms with Crippen LogP contribution in [0, 0.1) is 11.6 Å². The van der Waals surface area contributed by atoms with Crippen LogP contribution in [0.4, 0.5) is 8.78 Å². The summed E-state index contributed by atoms with van der Waals surface area (Å²) in [6.45, 7) is 4.88. The van der Waals surface area contributed by atoms with Gasteiger partial charge in [0.05, 0.1) is 4.47 Å². The van der Waals surface area contributed by atoms with Gasteiger partial charge >= 0.3 is 0 Å². The van der Waals surface area contributed by atoms with Crippen LogP contribution in [0.25, 0.3) is 0 Å². The van der Waals surface area contributed by atoms with Gasteiger partial charge in [-0.2, -0.15) is 0 Å². The number of piperazine rings is 1. The molecule has 2 rings (SSSR count). The van der Waals surface area contributed by atoms with Crippen LogP contribution in [0.5, 0.6) is 0 Å². The molecule has 1 aromatic rings. The molecule has 0 radical (unpaired) electrons. The molecular weight excluding hydrogens is 290 g/mol. The Morgan fingerprint density at radius 2 is 2.24 bits per heavy atom. The van der Waals surface area contributed by atoms with Crippen LogP contribution in [0.2, 0.25) is 0 Å². The molecule has 2 nitrogen and oxygen atoms in total. The Kier molecular flexibility index (Phi) is 4.12. The van der Waals surface area contributed by atoms with Gasteiger partial charge in [-0.1, -0.05) is 0 Å². The summed E-state index contributed by atoms with van der Waals surface area (Å²) in [7, 11) is 0. The van der Waals surface area contributed by atoms with E-state index in [1.807, 2.05) is 0 Å². The molecule has 1 fully saturated rings. The summed E-state index contributed by atoms with van der Waals surface area (Å²) in [6, 6.07) is 3.06. The van der Waals surface area contributed by atoms with Gasteiger partial charge in [0.25, 0.3) is 0 Å². The molecule has 1 aromatic carbocycles. The topological polar surface area (TPSA) is 15.3 Å². The van der Waals surface area contributed by atoms with Gasteiger partial charge in [0.2, 0.25) is 0 Å². The number of hydrogen-bond acceptors (Lipinski definition) is 2. The van der Waals surface area contributed by atoms with Crippen molar-refractivity contribution >= 4 is 15.9 Å². The van der Waals surface area contributed by atoms with Crippen LogP contribution in [-0.2, 0) is 6.54 Å². The summed E-state index contributed by atoms with van der Waals surface area (Å²) in [6.07, 6.45) is 0. The minimum atomic E-state index is -0.490. The lowest BCUT2D eigenvalue weighted by Gasteiger charge is -2.32. The minimum Gasteiger partial charge on any atom is -0.312 e. The average Bonchev–Trinajstić information content (AvgIpc) is 2.30. The van der Waals surface area contributed by atoms with E-state index in [0.29, 0.717) is 17.1 Å². The van der Waals surface area contributed by atoms with Crippen molar-refractivity contribution in [3.63, 3.8) is 0 Å². The zero-order valence-corrected chi connectivity index (χ0v) is 11.2. The summed E-state index contributed by atoms with van der Waals surface area (Å²) in [5, 5.41) is 3.30. The number of halogens is 3. The molecule has 5 heteroatoms. The first-order chi connectivity index (χ1) is 8.08. The lowest BCUT2D eigenvalue weighted by molar-refractivity contribution is 0.195. The van der Waals surface area contributed by atoms with Crippen molar-refractivity contribution in [3.05, 3.63) is 33.8 Å². The molecule has 0 bridgehead atoms. The second-order valence-corrected chi connectivity index (χ2v) is 5.27. The Morgan fingerprint density at radius 3 is 2.94 bits per heavy atom. The Morgan fingerprint density at radius 1 is 1.47 bits per heavy atom. The number of hydrogen-bond donors (Lipinski definition) is 1. The predicted octanol–water partition coefficient (Wildman–Crippen LogP) is 2.52. The van der Waals surface area contributed by atoms with Crippen LogP contribution in [0.1, 0.15) is 12.5 Å². The molecule has 1 heterocycles. The van der Waals surface area contributed by atoms with E-state index in [4.69, 9.17) is 0 Å². The van der Waals surface area contributed by atoms with Gasteiger partial charge in [0.15, 0.2) is 0 Å². The van der Waals surface area contributed by atoms with Crippen molar-refractivity contribution in [3.8, 4) is 0 Å². The highest BCUT2D eigenvalue weighted by atomic mass is 79.9. The van der Waals surface area contributed by atoms with Crippen molar-refractivity contribution in [1.29, 1.82) is 0 Å². The van der Waals surface area contributed by atoms with E-state index in [0.717, 1.165) is 19.6 Å². The van der Waals surface area contributed by atoms with Gasteiger partial charge in [-0.15, -0.1) is 0 Å². The highest BCUT2D eigenvalue weighted by Gasteiger charge is 2.20. The zero-order valence-electron chi connectivity index (χ0n) is 9.64. The molecule has 1 aliphatic rings. The van der Waals surface area contributed by atoms with Crippen LogP contribution in [0.15, 0.2) is 16.6 Å². The van der Waals surface area contributed by atoms with E-state index in [2.05, 4.69) is 33.1 Å². The van der Waals surface area contributed by atoms with Crippen molar-refractivity contribution in [2.24, 2.45) is 0 Å². The van der Waals surface area contributed by atoms with Crippen molar-refractivity contribution < 1.29 is 8.78 Å². The van der Waals surface area contributed by atoms with E-state index < -0.39 is 11.6 Å². The standard InChI is InChI=1S/C12H15BrF2N2/c1-8-6-17(5-4-16-8)7-9-11(14)3-2-10(13)12(9)15/h2-3,8,16H,4-7H2,1H3. The third-order valence-corrected chi connectivity index (χ3v) is 3.59. The van der Waals surface area contributed by atoms with Crippen molar-refractivity contribution in [2.75, 3.05) is 19.6 Å². The molecular formula is C12H15BrF2N2. The maximum atomic E-state index is 13.8. The Bertz CT molecular complexity index is 412. The zero-order chi connectivity index (χ0) is 12.4. The smallest absolute Gasteiger partial charge is 0.144 e. The maximum Gasteiger partial charge on any atom is 0.144 e. The fourth-order valence-corrected chi connectivity index (χ4v) is 2.46. The van der Waals surface area contributed by atoms with Gasteiger partial charge in [-0.3, -0.25) is 4.90 Å². The van der Waals surface area contributed by atoms with Gasteiger partial charge in [-0.05, 0) is 35.0 Å². The molecule has 0 amide bonds. The van der Waals surface area contributed by atoms with E-state index in [9.17, 15) is 8.78 Å². The molecule has 0 aromatic heterocycles. The summed E-state index contributed by atoms with van der Waals surface area (Å²) >= 11 is 3.08. The number of nitrogens with one attached hydrogen (secondary N) is 1. The van der Waals surface area contributed by atoms with Gasteiger partial charge in [0, 0.05) is 37.8 Å². The molecule has 0 aliphatic carbocycles. The number of rotatable bonds is 2. The van der Waals surface area contributed by atoms with Gasteiger partial charge in [0.1, 0.15) is 11.6 Å². The first-order valence-electron chi connectivity index (χ1n) is 5.66. The Labute approximate surface area is 108 Å². The normalized spacial score (nSPS) is 21.8. The van der Waals surface area contributed by atoms with Gasteiger partial charge < -0.3 is 5.32 Å². The van der Waals surface area contributed by atoms with E-state index in [-0.39, 0.29) is 5.56 Å². The third kappa shape index (κ3) is 3.03. The maximum absolute atomic E-state index is 13.8. The van der Waals surface area contributed by atoms with Crippen LogP contribution < -0.4 is 5.32 Å². The molecule has 1 saturated heterocycles. The summed E-state index contributed by atoms with van der Waals surface area (Å²) in [5.74, 6) is -0.965. The second-order valence-electron chi connectivity index (χ2n) is 4.41. The van der Waals surface area contributed by atoms with Gasteiger partial charge in [-0.25, -0.2) is 8.78 Å². The Balaban J connectivity index is 2.15. The van der Waals surface area contributed by atoms with Crippen LogP contribution in [0.3, 0.4) is 0 Å². The number of benzene rings is 1. The average molecular weight is 305 g/mol. The molecule has 1 unspecified atom stereocenters.